The van der Waals surface area contributed by atoms with Crippen molar-refractivity contribution in [3.63, 3.8) is 0 Å². The summed E-state index contributed by atoms with van der Waals surface area (Å²) in [6.45, 7) is 8.98. The zero-order chi connectivity index (χ0) is 8.97. The van der Waals surface area contributed by atoms with Gasteiger partial charge in [-0.2, -0.15) is 0 Å². The van der Waals surface area contributed by atoms with E-state index in [2.05, 4.69) is 37.5 Å². The van der Waals surface area contributed by atoms with Crippen LogP contribution in [-0.2, 0) is 0 Å². The van der Waals surface area contributed by atoms with E-state index in [4.69, 9.17) is 0 Å². The molecule has 0 N–H and O–H groups in total. The average molecular weight is 165 g/mol. The first-order valence-electron chi connectivity index (χ1n) is 4.95. The van der Waals surface area contributed by atoms with Gasteiger partial charge in [0.15, 0.2) is 0 Å². The lowest BCUT2D eigenvalue weighted by Crippen LogP contribution is -2.28. The Balaban J connectivity index is 2.37. The quantitative estimate of drug-likeness (QED) is 0.538. The van der Waals surface area contributed by atoms with Gasteiger partial charge in [-0.3, -0.25) is 4.90 Å². The average Bonchev–Trinajstić information content (AvgIpc) is 2.51. The third-order valence-electron chi connectivity index (χ3n) is 2.27. The molecule has 12 heavy (non-hydrogen) atoms. The molecule has 1 aliphatic rings. The number of hydrogen-bond donors (Lipinski definition) is 0. The topological polar surface area (TPSA) is 3.24 Å². The largest absolute Gasteiger partial charge is 0.290 e. The lowest BCUT2D eigenvalue weighted by Gasteiger charge is -2.18. The van der Waals surface area contributed by atoms with E-state index in [-0.39, 0.29) is 0 Å². The summed E-state index contributed by atoms with van der Waals surface area (Å²) < 4.78 is 0. The van der Waals surface area contributed by atoms with Crippen molar-refractivity contribution in [1.82, 2.24) is 4.90 Å². The van der Waals surface area contributed by atoms with Crippen molar-refractivity contribution < 1.29 is 0 Å². The second kappa shape index (κ2) is 4.52. The molecule has 0 radical (unpaired) electrons. The van der Waals surface area contributed by atoms with Crippen molar-refractivity contribution in [3.05, 3.63) is 0 Å². The summed E-state index contributed by atoms with van der Waals surface area (Å²) in [5.41, 5.74) is 0. The fourth-order valence-corrected chi connectivity index (χ4v) is 1.51. The van der Waals surface area contributed by atoms with E-state index >= 15 is 0 Å². The summed E-state index contributed by atoms with van der Waals surface area (Å²) in [7, 11) is 0. The molecule has 68 valence electrons. The predicted octanol–water partition coefficient (Wildman–Crippen LogP) is 2.13. The maximum Gasteiger partial charge on any atom is 0.0686 e. The summed E-state index contributed by atoms with van der Waals surface area (Å²) >= 11 is 0. The van der Waals surface area contributed by atoms with Crippen LogP contribution in [-0.4, -0.2) is 24.0 Å². The maximum absolute atomic E-state index is 3.30. The van der Waals surface area contributed by atoms with Gasteiger partial charge in [0.25, 0.3) is 0 Å². The predicted molar refractivity (Wildman–Crippen MR) is 52.9 cm³/mol. The molecule has 1 aliphatic heterocycles. The van der Waals surface area contributed by atoms with Crippen LogP contribution in [0.4, 0.5) is 0 Å². The van der Waals surface area contributed by atoms with Gasteiger partial charge in [-0.25, -0.2) is 0 Å². The summed E-state index contributed by atoms with van der Waals surface area (Å²) in [4.78, 5) is 2.47. The molecule has 0 saturated carbocycles. The molecule has 0 aromatic rings. The Morgan fingerprint density at radius 3 is 2.08 bits per heavy atom. The van der Waals surface area contributed by atoms with Crippen LogP contribution in [0.2, 0.25) is 0 Å². The van der Waals surface area contributed by atoms with E-state index in [9.17, 15) is 0 Å². The van der Waals surface area contributed by atoms with E-state index < -0.39 is 0 Å². The van der Waals surface area contributed by atoms with Crippen molar-refractivity contribution in [2.24, 2.45) is 5.92 Å². The van der Waals surface area contributed by atoms with Gasteiger partial charge < -0.3 is 0 Å². The molecule has 1 unspecified atom stereocenters. The first-order valence-corrected chi connectivity index (χ1v) is 4.95. The summed E-state index contributed by atoms with van der Waals surface area (Å²) in [6.07, 6.45) is 2.71. The van der Waals surface area contributed by atoms with Crippen LogP contribution in [0, 0.1) is 17.8 Å². The molecule has 0 aromatic heterocycles. The molecule has 1 heteroatoms. The Hall–Kier alpha value is -0.480. The normalized spacial score (nSPS) is 20.7. The Morgan fingerprint density at radius 1 is 1.00 bits per heavy atom. The Morgan fingerprint density at radius 2 is 1.58 bits per heavy atom. The molecule has 0 amide bonds. The van der Waals surface area contributed by atoms with Crippen LogP contribution >= 0.6 is 0 Å². The maximum atomic E-state index is 3.30. The van der Waals surface area contributed by atoms with Gasteiger partial charge in [0.2, 0.25) is 0 Å². The fraction of sp³-hybridized carbons (Fsp3) is 0.818. The molecule has 0 spiro atoms. The second-order valence-corrected chi connectivity index (χ2v) is 3.86. The van der Waals surface area contributed by atoms with Crippen molar-refractivity contribution in [3.8, 4) is 11.8 Å². The summed E-state index contributed by atoms with van der Waals surface area (Å²) in [5.74, 6) is 7.04. The van der Waals surface area contributed by atoms with Crippen LogP contribution in [0.25, 0.3) is 0 Å². The van der Waals surface area contributed by atoms with E-state index in [0.29, 0.717) is 12.0 Å². The molecular formula is C11H19N. The number of hydrogen-bond acceptors (Lipinski definition) is 1. The minimum atomic E-state index is 0.468. The Labute approximate surface area is 76.1 Å². The van der Waals surface area contributed by atoms with Crippen molar-refractivity contribution in [1.29, 1.82) is 0 Å². The first-order chi connectivity index (χ1) is 5.70. The lowest BCUT2D eigenvalue weighted by atomic mass is 10.2. The van der Waals surface area contributed by atoms with Crippen molar-refractivity contribution in [2.45, 2.75) is 39.7 Å². The van der Waals surface area contributed by atoms with Crippen LogP contribution in [0.3, 0.4) is 0 Å². The third-order valence-corrected chi connectivity index (χ3v) is 2.27. The van der Waals surface area contributed by atoms with Crippen LogP contribution < -0.4 is 0 Å². The van der Waals surface area contributed by atoms with E-state index in [1.54, 1.807) is 0 Å². The zero-order valence-electron chi connectivity index (χ0n) is 8.43. The van der Waals surface area contributed by atoms with Gasteiger partial charge in [-0.1, -0.05) is 25.7 Å². The molecule has 0 bridgehead atoms. The van der Waals surface area contributed by atoms with Gasteiger partial charge in [0.05, 0.1) is 6.04 Å². The number of rotatable bonds is 1. The highest BCUT2D eigenvalue weighted by Crippen LogP contribution is 2.10. The third kappa shape index (κ3) is 2.87. The van der Waals surface area contributed by atoms with Crippen molar-refractivity contribution in [2.75, 3.05) is 13.1 Å². The Bertz CT molecular complexity index is 179. The second-order valence-electron chi connectivity index (χ2n) is 3.86. The van der Waals surface area contributed by atoms with E-state index in [1.807, 2.05) is 0 Å². The SMILES string of the molecule is CC(C)C#CC(C)N1CCCC1. The molecule has 1 nitrogen and oxygen atoms in total. The van der Waals surface area contributed by atoms with Gasteiger partial charge >= 0.3 is 0 Å². The van der Waals surface area contributed by atoms with Crippen LogP contribution in [0.5, 0.6) is 0 Å². The highest BCUT2D eigenvalue weighted by Gasteiger charge is 2.15. The van der Waals surface area contributed by atoms with E-state index in [1.165, 1.54) is 25.9 Å². The monoisotopic (exact) mass is 165 g/mol. The van der Waals surface area contributed by atoms with Gasteiger partial charge in [-0.15, -0.1) is 0 Å². The smallest absolute Gasteiger partial charge is 0.0686 e. The molecule has 1 saturated heterocycles. The van der Waals surface area contributed by atoms with E-state index in [0.717, 1.165) is 0 Å². The molecular weight excluding hydrogens is 146 g/mol. The molecule has 1 atom stereocenters. The highest BCUT2D eigenvalue weighted by molar-refractivity contribution is 5.08. The molecule has 0 aromatic carbocycles. The highest BCUT2D eigenvalue weighted by atomic mass is 15.2. The fourth-order valence-electron chi connectivity index (χ4n) is 1.51. The Kier molecular flexibility index (Phi) is 3.62. The first kappa shape index (κ1) is 9.61. The molecule has 1 heterocycles. The van der Waals surface area contributed by atoms with Crippen molar-refractivity contribution >= 4 is 0 Å². The van der Waals surface area contributed by atoms with Crippen LogP contribution in [0.15, 0.2) is 0 Å². The minimum Gasteiger partial charge on any atom is -0.290 e. The van der Waals surface area contributed by atoms with Gasteiger partial charge in [-0.05, 0) is 32.9 Å². The summed E-state index contributed by atoms with van der Waals surface area (Å²) in [6, 6.07) is 0.468. The lowest BCUT2D eigenvalue weighted by molar-refractivity contribution is 0.307. The molecule has 1 rings (SSSR count). The van der Waals surface area contributed by atoms with Crippen LogP contribution in [0.1, 0.15) is 33.6 Å². The number of likely N-dealkylation sites (tertiary alicyclic amines) is 1. The van der Waals surface area contributed by atoms with Gasteiger partial charge in [0, 0.05) is 5.92 Å². The number of nitrogens with zero attached hydrogens (tertiary/aromatic N) is 1. The minimum absolute atomic E-state index is 0.468. The summed E-state index contributed by atoms with van der Waals surface area (Å²) in [5, 5.41) is 0. The molecule has 0 aliphatic carbocycles. The molecule has 1 fully saturated rings. The zero-order valence-corrected chi connectivity index (χ0v) is 8.43. The van der Waals surface area contributed by atoms with Gasteiger partial charge in [0.1, 0.15) is 0 Å². The standard InChI is InChI=1S/C11H19N/c1-10(2)6-7-11(3)12-8-4-5-9-12/h10-11H,4-5,8-9H2,1-3H3.